The van der Waals surface area contributed by atoms with Crippen LogP contribution in [0, 0.1) is 0 Å². The van der Waals surface area contributed by atoms with E-state index >= 15 is 0 Å². The summed E-state index contributed by atoms with van der Waals surface area (Å²) in [6.07, 6.45) is 5.28. The van der Waals surface area contributed by atoms with E-state index in [1.165, 1.54) is 11.3 Å². The second-order valence-corrected chi connectivity index (χ2v) is 6.40. The molecule has 122 valence electrons. The number of aromatic nitrogens is 5. The zero-order valence-electron chi connectivity index (χ0n) is 13.0. The Balaban J connectivity index is 1.49. The van der Waals surface area contributed by atoms with Gasteiger partial charge in [-0.05, 0) is 12.1 Å². The Morgan fingerprint density at radius 3 is 2.83 bits per heavy atom. The first-order valence-electron chi connectivity index (χ1n) is 7.49. The highest BCUT2D eigenvalue weighted by molar-refractivity contribution is 7.18. The zero-order chi connectivity index (χ0) is 16.5. The number of nitrogens with zero attached hydrogens (tertiary/aromatic N) is 7. The lowest BCUT2D eigenvalue weighted by Gasteiger charge is -2.33. The van der Waals surface area contributed by atoms with Crippen LogP contribution in [0.3, 0.4) is 0 Å². The molecule has 24 heavy (non-hydrogen) atoms. The minimum atomic E-state index is 0.0313. The molecule has 8 nitrogen and oxygen atoms in total. The Morgan fingerprint density at radius 2 is 2.12 bits per heavy atom. The van der Waals surface area contributed by atoms with Crippen LogP contribution in [-0.2, 0) is 11.8 Å². The van der Waals surface area contributed by atoms with E-state index in [2.05, 4.69) is 20.3 Å². The van der Waals surface area contributed by atoms with E-state index in [0.717, 1.165) is 21.5 Å². The van der Waals surface area contributed by atoms with Gasteiger partial charge in [0, 0.05) is 32.5 Å². The maximum absolute atomic E-state index is 12.5. The van der Waals surface area contributed by atoms with Gasteiger partial charge in [-0.15, -0.1) is 10.2 Å². The van der Waals surface area contributed by atoms with Crippen LogP contribution in [0.25, 0.3) is 10.7 Å². The number of piperazine rings is 1. The average Bonchev–Trinajstić information content (AvgIpc) is 3.25. The number of aryl methyl sites for hydroxylation is 1. The predicted molar refractivity (Wildman–Crippen MR) is 90.9 cm³/mol. The number of hydrogen-bond acceptors (Lipinski definition) is 7. The van der Waals surface area contributed by atoms with Crippen molar-refractivity contribution in [2.24, 2.45) is 7.05 Å². The smallest absolute Gasteiger partial charge is 0.246 e. The van der Waals surface area contributed by atoms with Crippen LogP contribution in [0.1, 0.15) is 0 Å². The third-order valence-corrected chi connectivity index (χ3v) is 4.80. The normalized spacial score (nSPS) is 15.1. The maximum Gasteiger partial charge on any atom is 0.246 e. The van der Waals surface area contributed by atoms with Crippen molar-refractivity contribution >= 4 is 28.1 Å². The largest absolute Gasteiger partial charge is 0.336 e. The van der Waals surface area contributed by atoms with Crippen LogP contribution in [-0.4, -0.2) is 50.5 Å². The summed E-state index contributed by atoms with van der Waals surface area (Å²) in [6.45, 7) is 1.59. The third-order valence-electron chi connectivity index (χ3n) is 3.79. The lowest BCUT2D eigenvalue weighted by molar-refractivity contribution is -0.117. The van der Waals surface area contributed by atoms with Gasteiger partial charge in [0.05, 0.1) is 18.4 Å². The van der Waals surface area contributed by atoms with E-state index in [1.807, 2.05) is 36.3 Å². The van der Waals surface area contributed by atoms with E-state index in [0.29, 0.717) is 13.1 Å². The molecule has 0 aliphatic carbocycles. The summed E-state index contributed by atoms with van der Waals surface area (Å²) in [5.41, 5.74) is 1.62. The second kappa shape index (κ2) is 6.00. The Kier molecular flexibility index (Phi) is 3.69. The van der Waals surface area contributed by atoms with Gasteiger partial charge >= 0.3 is 0 Å². The molecule has 0 aromatic carbocycles. The fourth-order valence-corrected chi connectivity index (χ4v) is 3.44. The molecule has 0 atom stereocenters. The third kappa shape index (κ3) is 2.73. The highest BCUT2D eigenvalue weighted by Gasteiger charge is 2.28. The molecular formula is C15H15N7OS. The molecular weight excluding hydrogens is 326 g/mol. The van der Waals surface area contributed by atoms with Crippen LogP contribution in [0.4, 0.5) is 10.8 Å². The molecule has 0 N–H and O–H groups in total. The van der Waals surface area contributed by atoms with Crippen LogP contribution in [0.15, 0.2) is 36.8 Å². The van der Waals surface area contributed by atoms with Gasteiger partial charge in [-0.3, -0.25) is 14.5 Å². The molecule has 1 aliphatic heterocycles. The summed E-state index contributed by atoms with van der Waals surface area (Å²) in [5, 5.41) is 14.0. The number of amides is 1. The number of carbonyl (C=O) groups excluding carboxylic acids is 1. The first-order chi connectivity index (χ1) is 11.7. The molecule has 0 unspecified atom stereocenters. The van der Waals surface area contributed by atoms with Crippen molar-refractivity contribution in [2.45, 2.75) is 0 Å². The molecule has 3 aromatic rings. The number of hydrogen-bond donors (Lipinski definition) is 0. The van der Waals surface area contributed by atoms with Crippen molar-refractivity contribution in [1.82, 2.24) is 25.0 Å². The van der Waals surface area contributed by atoms with Crippen LogP contribution in [0.5, 0.6) is 0 Å². The minimum Gasteiger partial charge on any atom is -0.336 e. The lowest BCUT2D eigenvalue weighted by atomic mass is 10.3. The average molecular weight is 341 g/mol. The van der Waals surface area contributed by atoms with Crippen LogP contribution in [0.2, 0.25) is 0 Å². The highest BCUT2D eigenvalue weighted by Crippen LogP contribution is 2.28. The van der Waals surface area contributed by atoms with Crippen molar-refractivity contribution in [3.63, 3.8) is 0 Å². The van der Waals surface area contributed by atoms with Gasteiger partial charge in [0.25, 0.3) is 0 Å². The molecule has 1 aliphatic rings. The molecule has 4 heterocycles. The maximum atomic E-state index is 12.5. The second-order valence-electron chi connectivity index (χ2n) is 5.44. The molecule has 9 heteroatoms. The van der Waals surface area contributed by atoms with Gasteiger partial charge in [-0.25, -0.2) is 0 Å². The molecule has 0 spiro atoms. The van der Waals surface area contributed by atoms with E-state index < -0.39 is 0 Å². The van der Waals surface area contributed by atoms with Crippen LogP contribution >= 0.6 is 11.3 Å². The first-order valence-corrected chi connectivity index (χ1v) is 8.31. The summed E-state index contributed by atoms with van der Waals surface area (Å²) >= 11 is 1.45. The van der Waals surface area contributed by atoms with Crippen molar-refractivity contribution in [3.8, 4) is 10.7 Å². The van der Waals surface area contributed by atoms with Gasteiger partial charge in [-0.1, -0.05) is 17.4 Å². The number of carbonyl (C=O) groups is 1. The number of anilines is 2. The summed E-state index contributed by atoms with van der Waals surface area (Å²) in [6, 6.07) is 5.68. The topological polar surface area (TPSA) is 80.0 Å². The minimum absolute atomic E-state index is 0.0313. The van der Waals surface area contributed by atoms with Crippen LogP contribution < -0.4 is 9.80 Å². The Labute approximate surface area is 142 Å². The standard InChI is InChI=1S/C15H15N7OS/c1-20-9-11(8-17-20)22-7-6-21(10-13(22)23)15-19-18-14(24-15)12-4-2-3-5-16-12/h2-5,8-9H,6-7,10H2,1H3. The van der Waals surface area contributed by atoms with Gasteiger partial charge in [0.2, 0.25) is 11.0 Å². The van der Waals surface area contributed by atoms with Gasteiger partial charge < -0.3 is 9.80 Å². The predicted octanol–water partition coefficient (Wildman–Crippen LogP) is 1.19. The molecule has 0 saturated carbocycles. The number of rotatable bonds is 3. The van der Waals surface area contributed by atoms with Crippen molar-refractivity contribution in [2.75, 3.05) is 29.4 Å². The van der Waals surface area contributed by atoms with E-state index in [4.69, 9.17) is 0 Å². The fraction of sp³-hybridized carbons (Fsp3) is 0.267. The molecule has 3 aromatic heterocycles. The van der Waals surface area contributed by atoms with Crippen molar-refractivity contribution < 1.29 is 4.79 Å². The summed E-state index contributed by atoms with van der Waals surface area (Å²) < 4.78 is 1.69. The monoisotopic (exact) mass is 341 g/mol. The Hall–Kier alpha value is -2.81. The zero-order valence-corrected chi connectivity index (χ0v) is 13.8. The molecule has 0 radical (unpaired) electrons. The summed E-state index contributed by atoms with van der Waals surface area (Å²) in [4.78, 5) is 20.4. The quantitative estimate of drug-likeness (QED) is 0.712. The SMILES string of the molecule is Cn1cc(N2CCN(c3nnc(-c4ccccn4)s3)CC2=O)cn1. The van der Waals surface area contributed by atoms with E-state index in [-0.39, 0.29) is 12.5 Å². The lowest BCUT2D eigenvalue weighted by Crippen LogP contribution is -2.50. The summed E-state index contributed by atoms with van der Waals surface area (Å²) in [5.74, 6) is 0.0313. The van der Waals surface area contributed by atoms with Gasteiger partial charge in [0.15, 0.2) is 5.01 Å². The Morgan fingerprint density at radius 1 is 1.21 bits per heavy atom. The first kappa shape index (κ1) is 14.8. The summed E-state index contributed by atoms with van der Waals surface area (Å²) in [7, 11) is 1.84. The van der Waals surface area contributed by atoms with Crippen molar-refractivity contribution in [1.29, 1.82) is 0 Å². The molecule has 4 rings (SSSR count). The fourth-order valence-electron chi connectivity index (χ4n) is 2.59. The highest BCUT2D eigenvalue weighted by atomic mass is 32.1. The number of pyridine rings is 1. The van der Waals surface area contributed by atoms with Gasteiger partial charge in [-0.2, -0.15) is 5.10 Å². The molecule has 1 saturated heterocycles. The van der Waals surface area contributed by atoms with Gasteiger partial charge in [0.1, 0.15) is 5.69 Å². The van der Waals surface area contributed by atoms with E-state index in [1.54, 1.807) is 22.0 Å². The molecule has 0 bridgehead atoms. The van der Waals surface area contributed by atoms with Crippen molar-refractivity contribution in [3.05, 3.63) is 36.8 Å². The molecule has 1 fully saturated rings. The Bertz CT molecular complexity index is 860. The molecule has 1 amide bonds. The van der Waals surface area contributed by atoms with E-state index in [9.17, 15) is 4.79 Å².